The number of carboxylic acid groups (broad SMARTS) is 1. The number of hydrogen-bond donors (Lipinski definition) is 0. The van der Waals surface area contributed by atoms with Crippen molar-refractivity contribution in [3.8, 4) is 11.5 Å². The Morgan fingerprint density at radius 1 is 1.22 bits per heavy atom. The topological polar surface area (TPSA) is 58.6 Å². The highest BCUT2D eigenvalue weighted by atomic mass is 16.5. The molecule has 0 radical (unpaired) electrons. The maximum absolute atomic E-state index is 11.2. The van der Waals surface area contributed by atoms with Crippen molar-refractivity contribution in [2.24, 2.45) is 5.92 Å². The van der Waals surface area contributed by atoms with Crippen LogP contribution in [0.2, 0.25) is 0 Å². The zero-order chi connectivity index (χ0) is 13.7. The summed E-state index contributed by atoms with van der Waals surface area (Å²) in [5.74, 6) is -0.283. The van der Waals surface area contributed by atoms with Crippen LogP contribution in [0.1, 0.15) is 31.7 Å². The van der Waals surface area contributed by atoms with E-state index in [0.717, 1.165) is 0 Å². The number of benzene rings is 1. The molecule has 1 rings (SSSR count). The third-order valence-electron chi connectivity index (χ3n) is 2.80. The molecule has 1 atom stereocenters. The van der Waals surface area contributed by atoms with Gasteiger partial charge in [0, 0.05) is 11.9 Å². The van der Waals surface area contributed by atoms with Gasteiger partial charge in [-0.1, -0.05) is 19.9 Å². The molecule has 0 bridgehead atoms. The molecule has 0 aromatic heterocycles. The van der Waals surface area contributed by atoms with Gasteiger partial charge >= 0.3 is 0 Å². The minimum atomic E-state index is -1.06. The van der Waals surface area contributed by atoms with Crippen LogP contribution in [-0.2, 0) is 4.79 Å². The number of rotatable bonds is 6. The molecule has 1 unspecified atom stereocenters. The van der Waals surface area contributed by atoms with Crippen molar-refractivity contribution in [1.29, 1.82) is 0 Å². The van der Waals surface area contributed by atoms with Gasteiger partial charge in [0.05, 0.1) is 14.2 Å². The molecule has 4 heteroatoms. The maximum Gasteiger partial charge on any atom is 0.161 e. The summed E-state index contributed by atoms with van der Waals surface area (Å²) in [5.41, 5.74) is 0.682. The number of ether oxygens (including phenoxy) is 2. The summed E-state index contributed by atoms with van der Waals surface area (Å²) >= 11 is 0. The van der Waals surface area contributed by atoms with Gasteiger partial charge in [-0.05, 0) is 30.0 Å². The van der Waals surface area contributed by atoms with E-state index in [9.17, 15) is 9.90 Å². The summed E-state index contributed by atoms with van der Waals surface area (Å²) in [6, 6.07) is 5.15. The molecule has 0 fully saturated rings. The molecule has 0 aliphatic carbocycles. The molecule has 100 valence electrons. The second kappa shape index (κ2) is 6.28. The molecule has 0 saturated carbocycles. The Morgan fingerprint density at radius 2 is 1.83 bits per heavy atom. The van der Waals surface area contributed by atoms with E-state index in [-0.39, 0.29) is 5.92 Å². The van der Waals surface area contributed by atoms with Crippen LogP contribution in [0.25, 0.3) is 0 Å². The highest BCUT2D eigenvalue weighted by molar-refractivity contribution is 5.74. The van der Waals surface area contributed by atoms with Gasteiger partial charge in [-0.25, -0.2) is 0 Å². The zero-order valence-electron chi connectivity index (χ0n) is 11.2. The lowest BCUT2D eigenvalue weighted by molar-refractivity contribution is -0.308. The van der Waals surface area contributed by atoms with Crippen molar-refractivity contribution < 1.29 is 19.4 Å². The van der Waals surface area contributed by atoms with E-state index >= 15 is 0 Å². The number of aliphatic carboxylic acids is 1. The highest BCUT2D eigenvalue weighted by Gasteiger charge is 2.16. The largest absolute Gasteiger partial charge is 0.549 e. The maximum atomic E-state index is 11.2. The van der Waals surface area contributed by atoms with Crippen LogP contribution in [0.4, 0.5) is 0 Å². The lowest BCUT2D eigenvalue weighted by Gasteiger charge is -2.21. The van der Waals surface area contributed by atoms with Crippen LogP contribution >= 0.6 is 0 Å². The molecule has 0 aliphatic heterocycles. The molecular weight excluding hydrogens is 232 g/mol. The molecule has 0 N–H and O–H groups in total. The lowest BCUT2D eigenvalue weighted by atomic mass is 9.90. The third kappa shape index (κ3) is 3.39. The van der Waals surface area contributed by atoms with E-state index in [0.29, 0.717) is 23.5 Å². The Bertz CT molecular complexity index is 412. The van der Waals surface area contributed by atoms with E-state index in [1.54, 1.807) is 25.3 Å². The van der Waals surface area contributed by atoms with E-state index in [1.807, 2.05) is 13.8 Å². The second-order valence-corrected chi connectivity index (χ2v) is 4.62. The van der Waals surface area contributed by atoms with Gasteiger partial charge in [-0.15, -0.1) is 0 Å². The number of carbonyl (C=O) groups is 1. The fourth-order valence-electron chi connectivity index (χ4n) is 1.91. The van der Waals surface area contributed by atoms with Gasteiger partial charge in [-0.2, -0.15) is 0 Å². The Labute approximate surface area is 108 Å². The summed E-state index contributed by atoms with van der Waals surface area (Å²) in [4.78, 5) is 11.2. The van der Waals surface area contributed by atoms with E-state index in [1.165, 1.54) is 7.11 Å². The minimum absolute atomic E-state index is 0.279. The smallest absolute Gasteiger partial charge is 0.161 e. The van der Waals surface area contributed by atoms with E-state index < -0.39 is 11.9 Å². The van der Waals surface area contributed by atoms with Gasteiger partial charge in [0.15, 0.2) is 11.5 Å². The molecule has 18 heavy (non-hydrogen) atoms. The van der Waals surface area contributed by atoms with E-state index in [4.69, 9.17) is 9.47 Å². The predicted molar refractivity (Wildman–Crippen MR) is 66.7 cm³/mol. The number of carbonyl (C=O) groups excluding carboxylic acids is 1. The Kier molecular flexibility index (Phi) is 5.01. The lowest BCUT2D eigenvalue weighted by Crippen LogP contribution is -2.30. The molecule has 1 aromatic rings. The summed E-state index contributed by atoms with van der Waals surface area (Å²) < 4.78 is 10.3. The normalized spacial score (nSPS) is 12.3. The first-order valence-corrected chi connectivity index (χ1v) is 5.92. The van der Waals surface area contributed by atoms with Gasteiger partial charge in [0.25, 0.3) is 0 Å². The first-order valence-electron chi connectivity index (χ1n) is 5.92. The van der Waals surface area contributed by atoms with Crippen molar-refractivity contribution in [3.63, 3.8) is 0 Å². The molecule has 0 amide bonds. The second-order valence-electron chi connectivity index (χ2n) is 4.62. The standard InChI is InChI=1S/C14H20O4/c1-9(2)7-11(14(15)16)10-5-6-12(17-3)13(8-10)18-4/h5-6,8-9,11H,7H2,1-4H3,(H,15,16)/p-1. The first-order chi connectivity index (χ1) is 8.49. The first kappa shape index (κ1) is 14.4. The summed E-state index contributed by atoms with van der Waals surface area (Å²) in [7, 11) is 3.07. The SMILES string of the molecule is COc1ccc(C(CC(C)C)C(=O)[O-])cc1OC. The van der Waals surface area contributed by atoms with E-state index in [2.05, 4.69) is 0 Å². The Balaban J connectivity index is 3.09. The van der Waals surface area contributed by atoms with Crippen LogP contribution in [-0.4, -0.2) is 20.2 Å². The predicted octanol–water partition coefficient (Wildman–Crippen LogP) is 1.58. The third-order valence-corrected chi connectivity index (χ3v) is 2.80. The van der Waals surface area contributed by atoms with Crippen molar-refractivity contribution >= 4 is 5.97 Å². The molecule has 1 aromatic carbocycles. The number of methoxy groups -OCH3 is 2. The van der Waals surface area contributed by atoms with Crippen molar-refractivity contribution in [1.82, 2.24) is 0 Å². The van der Waals surface area contributed by atoms with Gasteiger partial charge in [0.2, 0.25) is 0 Å². The summed E-state index contributed by atoms with van der Waals surface area (Å²) in [6.45, 7) is 3.97. The van der Waals surface area contributed by atoms with Gasteiger partial charge in [-0.3, -0.25) is 0 Å². The van der Waals surface area contributed by atoms with Crippen LogP contribution in [0.3, 0.4) is 0 Å². The average molecular weight is 251 g/mol. The molecule has 0 spiro atoms. The van der Waals surface area contributed by atoms with Crippen LogP contribution in [0.5, 0.6) is 11.5 Å². The van der Waals surface area contributed by atoms with Gasteiger partial charge in [0.1, 0.15) is 0 Å². The van der Waals surface area contributed by atoms with Crippen molar-refractivity contribution in [3.05, 3.63) is 23.8 Å². The fourth-order valence-corrected chi connectivity index (χ4v) is 1.91. The summed E-state index contributed by atoms with van der Waals surface area (Å²) in [5, 5.41) is 11.2. The van der Waals surface area contributed by atoms with Crippen LogP contribution in [0, 0.1) is 5.92 Å². The van der Waals surface area contributed by atoms with Crippen molar-refractivity contribution in [2.75, 3.05) is 14.2 Å². The molecular formula is C14H19O4-. The van der Waals surface area contributed by atoms with Crippen LogP contribution < -0.4 is 14.6 Å². The molecule has 0 saturated heterocycles. The van der Waals surface area contributed by atoms with Crippen LogP contribution in [0.15, 0.2) is 18.2 Å². The quantitative estimate of drug-likeness (QED) is 0.770. The molecule has 4 nitrogen and oxygen atoms in total. The number of hydrogen-bond acceptors (Lipinski definition) is 4. The van der Waals surface area contributed by atoms with Crippen molar-refractivity contribution in [2.45, 2.75) is 26.2 Å². The Hall–Kier alpha value is -1.71. The monoisotopic (exact) mass is 251 g/mol. The summed E-state index contributed by atoms with van der Waals surface area (Å²) in [6.07, 6.45) is 0.540. The van der Waals surface area contributed by atoms with Gasteiger partial charge < -0.3 is 19.4 Å². The minimum Gasteiger partial charge on any atom is -0.549 e. The highest BCUT2D eigenvalue weighted by Crippen LogP contribution is 2.32. The number of carboxylic acids is 1. The Morgan fingerprint density at radius 3 is 2.28 bits per heavy atom. The fraction of sp³-hybridized carbons (Fsp3) is 0.500. The molecule has 0 heterocycles. The molecule has 0 aliphatic rings. The average Bonchev–Trinajstić information content (AvgIpc) is 2.34. The zero-order valence-corrected chi connectivity index (χ0v) is 11.2.